The van der Waals surface area contributed by atoms with Gasteiger partial charge >= 0.3 is 12.2 Å². The van der Waals surface area contributed by atoms with Crippen LogP contribution in [-0.2, 0) is 9.63 Å². The molecule has 0 aliphatic carbocycles. The van der Waals surface area contributed by atoms with Gasteiger partial charge in [0.05, 0.1) is 0 Å². The Morgan fingerprint density at radius 3 is 2.25 bits per heavy atom. The molecule has 3 nitrogen and oxygen atoms in total. The molecule has 0 spiro atoms. The topological polar surface area (TPSA) is 38.3 Å². The van der Waals surface area contributed by atoms with E-state index < -0.39 is 17.8 Å². The smallest absolute Gasteiger partial charge is 0.415 e. The summed E-state index contributed by atoms with van der Waals surface area (Å²) < 4.78 is 48.0. The number of alkyl halides is 3. The summed E-state index contributed by atoms with van der Waals surface area (Å²) in [5.41, 5.74) is -2.08. The predicted octanol–water partition coefficient (Wildman–Crippen LogP) is 0.832. The standard InChI is InChI=1S/C5H3F4NO2/c6-3(11)4(5(7,8)9)1-2-12-10-4/h1-2,10H. The first-order chi connectivity index (χ1) is 5.40. The van der Waals surface area contributed by atoms with Gasteiger partial charge in [-0.25, -0.2) is 0 Å². The molecule has 1 aliphatic rings. The molecule has 1 N–H and O–H groups in total. The minimum Gasteiger partial charge on any atom is -0.415 e. The van der Waals surface area contributed by atoms with E-state index in [1.807, 2.05) is 0 Å². The van der Waals surface area contributed by atoms with Crippen molar-refractivity contribution < 1.29 is 27.2 Å². The van der Waals surface area contributed by atoms with Gasteiger partial charge in [0, 0.05) is 0 Å². The van der Waals surface area contributed by atoms with Gasteiger partial charge in [0.25, 0.3) is 5.54 Å². The molecule has 1 unspecified atom stereocenters. The molecule has 12 heavy (non-hydrogen) atoms. The number of hydrogen-bond acceptors (Lipinski definition) is 3. The molecule has 1 aliphatic heterocycles. The van der Waals surface area contributed by atoms with Crippen LogP contribution in [0.1, 0.15) is 0 Å². The minimum atomic E-state index is -5.05. The van der Waals surface area contributed by atoms with Crippen LogP contribution < -0.4 is 5.48 Å². The van der Waals surface area contributed by atoms with E-state index in [1.54, 1.807) is 0 Å². The minimum absolute atomic E-state index is 0.273. The van der Waals surface area contributed by atoms with Crippen molar-refractivity contribution in [2.75, 3.05) is 0 Å². The maximum Gasteiger partial charge on any atom is 0.423 e. The van der Waals surface area contributed by atoms with Gasteiger partial charge < -0.3 is 4.84 Å². The average Bonchev–Trinajstić information content (AvgIpc) is 2.31. The van der Waals surface area contributed by atoms with E-state index in [0.29, 0.717) is 6.26 Å². The average molecular weight is 185 g/mol. The third kappa shape index (κ3) is 1.06. The van der Waals surface area contributed by atoms with Crippen molar-refractivity contribution in [3.05, 3.63) is 12.3 Å². The van der Waals surface area contributed by atoms with Crippen LogP contribution in [0.25, 0.3) is 0 Å². The molecule has 0 fully saturated rings. The highest BCUT2D eigenvalue weighted by atomic mass is 19.4. The second kappa shape index (κ2) is 2.44. The van der Waals surface area contributed by atoms with Crippen molar-refractivity contribution in [2.24, 2.45) is 0 Å². The number of hydroxylamine groups is 1. The van der Waals surface area contributed by atoms with E-state index in [4.69, 9.17) is 0 Å². The second-order valence-electron chi connectivity index (χ2n) is 2.10. The van der Waals surface area contributed by atoms with Crippen LogP contribution in [-0.4, -0.2) is 17.8 Å². The molecule has 1 atom stereocenters. The lowest BCUT2D eigenvalue weighted by Crippen LogP contribution is -2.57. The molecule has 0 aromatic carbocycles. The molecular weight excluding hydrogens is 182 g/mol. The van der Waals surface area contributed by atoms with E-state index in [0.717, 1.165) is 0 Å². The van der Waals surface area contributed by atoms with Gasteiger partial charge in [-0.2, -0.15) is 17.6 Å². The molecule has 0 bridgehead atoms. The van der Waals surface area contributed by atoms with Gasteiger partial charge in [0.1, 0.15) is 6.26 Å². The highest BCUT2D eigenvalue weighted by molar-refractivity contribution is 5.83. The number of carbonyl (C=O) groups is 1. The van der Waals surface area contributed by atoms with Crippen molar-refractivity contribution in [1.29, 1.82) is 0 Å². The lowest BCUT2D eigenvalue weighted by Gasteiger charge is -2.22. The Balaban J connectivity index is 3.04. The van der Waals surface area contributed by atoms with E-state index in [-0.39, 0.29) is 6.08 Å². The van der Waals surface area contributed by atoms with Crippen LogP contribution in [0.4, 0.5) is 17.6 Å². The van der Waals surface area contributed by atoms with Crippen LogP contribution in [0.3, 0.4) is 0 Å². The number of rotatable bonds is 1. The first kappa shape index (κ1) is 8.98. The van der Waals surface area contributed by atoms with E-state index in [9.17, 15) is 22.4 Å². The molecule has 0 radical (unpaired) electrons. The summed E-state index contributed by atoms with van der Waals surface area (Å²) in [6, 6.07) is -2.55. The lowest BCUT2D eigenvalue weighted by atomic mass is 10.0. The predicted molar refractivity (Wildman–Crippen MR) is 28.3 cm³/mol. The summed E-state index contributed by atoms with van der Waals surface area (Å²) in [5.74, 6) is 0. The molecule has 0 aromatic heterocycles. The van der Waals surface area contributed by atoms with Crippen molar-refractivity contribution in [1.82, 2.24) is 5.48 Å². The fraction of sp³-hybridized carbons (Fsp3) is 0.400. The summed E-state index contributed by atoms with van der Waals surface area (Å²) in [5, 5.41) is 0. The maximum atomic E-state index is 12.0. The molecule has 1 heterocycles. The zero-order valence-corrected chi connectivity index (χ0v) is 5.48. The number of nitrogens with one attached hydrogen (secondary N) is 1. The summed E-state index contributed by atoms with van der Waals surface area (Å²) >= 11 is 0. The maximum absolute atomic E-state index is 12.0. The fourth-order valence-corrected chi connectivity index (χ4v) is 0.666. The first-order valence-electron chi connectivity index (χ1n) is 2.77. The van der Waals surface area contributed by atoms with E-state index >= 15 is 0 Å². The van der Waals surface area contributed by atoms with E-state index in [2.05, 4.69) is 4.84 Å². The zero-order valence-electron chi connectivity index (χ0n) is 5.48. The molecular formula is C5H3F4NO2. The quantitative estimate of drug-likeness (QED) is 0.485. The summed E-state index contributed by atoms with van der Waals surface area (Å²) in [7, 11) is 0. The lowest BCUT2D eigenvalue weighted by molar-refractivity contribution is -0.205. The highest BCUT2D eigenvalue weighted by Crippen LogP contribution is 2.34. The summed E-state index contributed by atoms with van der Waals surface area (Å²) in [6.07, 6.45) is -4.22. The Morgan fingerprint density at radius 2 is 2.08 bits per heavy atom. The van der Waals surface area contributed by atoms with Gasteiger partial charge in [-0.3, -0.25) is 4.79 Å². The van der Waals surface area contributed by atoms with E-state index in [1.165, 1.54) is 5.48 Å². The Morgan fingerprint density at radius 1 is 1.50 bits per heavy atom. The van der Waals surface area contributed by atoms with Crippen LogP contribution in [0, 0.1) is 0 Å². The molecule has 0 amide bonds. The molecule has 0 saturated carbocycles. The normalized spacial score (nSPS) is 28.7. The monoisotopic (exact) mass is 185 g/mol. The Hall–Kier alpha value is -1.11. The third-order valence-electron chi connectivity index (χ3n) is 1.36. The molecule has 7 heteroatoms. The van der Waals surface area contributed by atoms with Crippen molar-refractivity contribution in [2.45, 2.75) is 11.7 Å². The molecule has 1 rings (SSSR count). The van der Waals surface area contributed by atoms with Crippen molar-refractivity contribution in [3.8, 4) is 0 Å². The van der Waals surface area contributed by atoms with Crippen molar-refractivity contribution in [3.63, 3.8) is 0 Å². The number of carbonyl (C=O) groups excluding carboxylic acids is 1. The summed E-state index contributed by atoms with van der Waals surface area (Å²) in [6.45, 7) is 0. The van der Waals surface area contributed by atoms with Gasteiger partial charge in [0.15, 0.2) is 0 Å². The van der Waals surface area contributed by atoms with Crippen LogP contribution in [0.15, 0.2) is 12.3 Å². The van der Waals surface area contributed by atoms with Gasteiger partial charge in [-0.15, -0.1) is 5.48 Å². The SMILES string of the molecule is O=C(F)C1(C(F)(F)F)C=CON1. The molecule has 68 valence electrons. The van der Waals surface area contributed by atoms with Crippen molar-refractivity contribution >= 4 is 6.04 Å². The highest BCUT2D eigenvalue weighted by Gasteiger charge is 2.62. The van der Waals surface area contributed by atoms with Gasteiger partial charge in [0.2, 0.25) is 0 Å². The zero-order chi connectivity index (χ0) is 9.41. The fourth-order valence-electron chi connectivity index (χ4n) is 0.666. The largest absolute Gasteiger partial charge is 0.423 e. The first-order valence-corrected chi connectivity index (χ1v) is 2.77. The molecule has 0 saturated heterocycles. The van der Waals surface area contributed by atoms with Gasteiger partial charge in [-0.1, -0.05) is 0 Å². The van der Waals surface area contributed by atoms with Gasteiger partial charge in [-0.05, 0) is 6.08 Å². The van der Waals surface area contributed by atoms with Crippen LogP contribution >= 0.6 is 0 Å². The number of hydrogen-bond donors (Lipinski definition) is 1. The Labute approximate surface area is 63.9 Å². The molecule has 0 aromatic rings. The summed E-state index contributed by atoms with van der Waals surface area (Å²) in [4.78, 5) is 14.0. The third-order valence-corrected chi connectivity index (χ3v) is 1.36. The number of halogens is 4. The second-order valence-corrected chi connectivity index (χ2v) is 2.10. The van der Waals surface area contributed by atoms with Crippen LogP contribution in [0.5, 0.6) is 0 Å². The Bertz CT molecular complexity index is 236. The van der Waals surface area contributed by atoms with Crippen LogP contribution in [0.2, 0.25) is 0 Å². The Kier molecular flexibility index (Phi) is 1.83.